The van der Waals surface area contributed by atoms with Crippen molar-refractivity contribution in [1.29, 1.82) is 0 Å². The number of rotatable bonds is 19. The average molecular weight is 848 g/mol. The van der Waals surface area contributed by atoms with E-state index in [1.54, 1.807) is 0 Å². The Morgan fingerprint density at radius 2 is 1.42 bits per heavy atom. The van der Waals surface area contributed by atoms with E-state index in [1.165, 1.54) is 0 Å². The highest BCUT2D eigenvalue weighted by Crippen LogP contribution is 2.32. The van der Waals surface area contributed by atoms with Gasteiger partial charge in [-0.2, -0.15) is 33.7 Å². The number of aliphatic carboxylic acids is 1. The summed E-state index contributed by atoms with van der Waals surface area (Å²) in [5, 5.41) is 53.9. The first-order valence-corrected chi connectivity index (χ1v) is 19.1. The van der Waals surface area contributed by atoms with Crippen molar-refractivity contribution in [1.82, 2.24) is 5.32 Å². The maximum Gasteiger partial charge on any atom is 0.397 e. The van der Waals surface area contributed by atoms with E-state index in [9.17, 15) is 77.9 Å². The third-order valence-corrected chi connectivity index (χ3v) is 8.32. The number of carbonyl (C=O) groups is 2. The monoisotopic (exact) mass is 847 g/mol. The zero-order chi connectivity index (χ0) is 40.1. The van der Waals surface area contributed by atoms with Crippen molar-refractivity contribution in [3.8, 4) is 0 Å². The van der Waals surface area contributed by atoms with Gasteiger partial charge in [0.05, 0.1) is 25.4 Å². The number of hydrogen-bond acceptors (Lipinski definition) is 22. The molecule has 1 fully saturated rings. The lowest BCUT2D eigenvalue weighted by atomic mass is 9.99. The van der Waals surface area contributed by atoms with Crippen molar-refractivity contribution >= 4 is 53.5 Å². The van der Waals surface area contributed by atoms with Gasteiger partial charge in [-0.15, -0.1) is 0 Å². The third-order valence-electron chi connectivity index (χ3n) is 6.49. The molecule has 10 N–H and O–H groups in total. The van der Waals surface area contributed by atoms with Crippen molar-refractivity contribution in [3.63, 3.8) is 0 Å². The van der Waals surface area contributed by atoms with Crippen LogP contribution in [-0.4, -0.2) is 176 Å². The molecule has 2 heterocycles. The van der Waals surface area contributed by atoms with Gasteiger partial charge in [-0.25, -0.2) is 21.5 Å². The number of nitrogens with one attached hydrogen (secondary N) is 1. The minimum Gasteiger partial charge on any atom is -0.475 e. The lowest BCUT2D eigenvalue weighted by Crippen LogP contribution is -2.62. The van der Waals surface area contributed by atoms with E-state index in [0.717, 1.165) is 13.8 Å². The number of amides is 1. The molecule has 52 heavy (non-hydrogen) atoms. The molecule has 2 aliphatic heterocycles. The van der Waals surface area contributed by atoms with Crippen LogP contribution >= 0.6 is 0 Å². The van der Waals surface area contributed by atoms with Crippen molar-refractivity contribution < 1.29 is 123 Å². The molecular weight excluding hydrogens is 814 g/mol. The van der Waals surface area contributed by atoms with Crippen LogP contribution in [0.2, 0.25) is 0 Å². The largest absolute Gasteiger partial charge is 0.475 e. The number of hydrogen-bond donors (Lipinski definition) is 10. The molecule has 0 aromatic carbocycles. The number of aliphatic hydroxyl groups excluding tert-OH is 4. The molecule has 0 saturated carbocycles. The summed E-state index contributed by atoms with van der Waals surface area (Å²) in [6.07, 6.45) is -25.8. The van der Waals surface area contributed by atoms with Gasteiger partial charge in [0.1, 0.15) is 42.7 Å². The number of carboxylic acid groups (broad SMARTS) is 1. The van der Waals surface area contributed by atoms with E-state index < -0.39 is 146 Å². The summed E-state index contributed by atoms with van der Waals surface area (Å²) < 4.78 is 166. The number of carboxylic acids is 1. The molecule has 2 rings (SSSR count). The van der Waals surface area contributed by atoms with Gasteiger partial charge in [0, 0.05) is 6.92 Å². The Labute approximate surface area is 293 Å². The number of aliphatic hydroxyl groups is 4. The smallest absolute Gasteiger partial charge is 0.397 e. The quantitative estimate of drug-likeness (QED) is 0.0541. The predicted molar refractivity (Wildman–Crippen MR) is 154 cm³/mol. The van der Waals surface area contributed by atoms with Crippen LogP contribution < -0.4 is 5.32 Å². The Balaban J connectivity index is 2.61. The zero-order valence-corrected chi connectivity index (χ0v) is 29.2. The first-order chi connectivity index (χ1) is 23.5. The highest BCUT2D eigenvalue weighted by Gasteiger charge is 2.52. The highest BCUT2D eigenvalue weighted by molar-refractivity contribution is 7.81. The first kappa shape index (κ1) is 45.8. The highest BCUT2D eigenvalue weighted by atomic mass is 32.3. The maximum atomic E-state index is 11.9. The third kappa shape index (κ3) is 14.5. The van der Waals surface area contributed by atoms with Gasteiger partial charge in [-0.1, -0.05) is 0 Å². The van der Waals surface area contributed by atoms with Crippen LogP contribution in [0.4, 0.5) is 0 Å². The topological polar surface area (TPSA) is 439 Å². The second-order valence-electron chi connectivity index (χ2n) is 10.4. The van der Waals surface area contributed by atoms with Gasteiger partial charge < -0.3 is 49.8 Å². The van der Waals surface area contributed by atoms with Crippen LogP contribution in [0.5, 0.6) is 0 Å². The van der Waals surface area contributed by atoms with Gasteiger partial charge in [0.15, 0.2) is 12.4 Å². The van der Waals surface area contributed by atoms with E-state index in [0.29, 0.717) is 6.08 Å². The van der Waals surface area contributed by atoms with Gasteiger partial charge in [-0.05, 0) is 13.0 Å². The normalized spacial score (nSPS) is 29.9. The van der Waals surface area contributed by atoms with Crippen molar-refractivity contribution in [2.24, 2.45) is 0 Å². The van der Waals surface area contributed by atoms with E-state index in [2.05, 4.69) is 16.7 Å². The molecule has 0 unspecified atom stereocenters. The fraction of sp³-hybridized carbons (Fsp3) is 0.800. The lowest BCUT2D eigenvalue weighted by molar-refractivity contribution is -0.313. The molecule has 1 amide bonds. The molecule has 32 heteroatoms. The average Bonchev–Trinajstić information content (AvgIpc) is 2.96. The van der Waals surface area contributed by atoms with Crippen LogP contribution in [0.3, 0.4) is 0 Å². The van der Waals surface area contributed by atoms with Crippen LogP contribution in [0.25, 0.3) is 0 Å². The predicted octanol–water partition coefficient (Wildman–Crippen LogP) is -6.21. The van der Waals surface area contributed by atoms with Gasteiger partial charge >= 0.3 is 47.6 Å². The van der Waals surface area contributed by atoms with Gasteiger partial charge in [0.2, 0.25) is 18.0 Å². The van der Waals surface area contributed by atoms with Crippen molar-refractivity contribution in [2.75, 3.05) is 13.2 Å². The molecular formula is C20H33NO27S4. The Morgan fingerprint density at radius 1 is 0.865 bits per heavy atom. The maximum absolute atomic E-state index is 11.9. The summed E-state index contributed by atoms with van der Waals surface area (Å²) in [6, 6.07) is -2.00. The standard InChI is InChI=1S/C20H33NO27S4/c1-6-14(46-50(32,33)34)13(26)17(48-52(38,39)40)20(42-6)43-10-3-11(18(27)28)44-19(12(10)25)45-15(8(4-22)21-7(2)23)16(47-51(35,36)37)9(24)5-41-49(29,30)31/h3,6,8-10,12-17,19-20,22,24-26H,4-5H2,1-2H3,(H,21,23)(H,27,28)(H,29,30,31)(H,32,33,34)(H,35,36,37)(H,38,39,40)/t6-,8-,9+,10-,12+,13+,14+,15+,16-,17-,19-,20-/m0/s1. The first-order valence-electron chi connectivity index (χ1n) is 13.6. The minimum atomic E-state index is -5.72. The molecule has 0 bridgehead atoms. The van der Waals surface area contributed by atoms with E-state index >= 15 is 0 Å². The molecule has 0 aromatic heterocycles. The van der Waals surface area contributed by atoms with Gasteiger partial charge in [0.25, 0.3) is 0 Å². The molecule has 0 aliphatic carbocycles. The Bertz CT molecular complexity index is 1730. The molecule has 28 nitrogen and oxygen atoms in total. The van der Waals surface area contributed by atoms with Gasteiger partial charge in [-0.3, -0.25) is 23.0 Å². The van der Waals surface area contributed by atoms with Crippen LogP contribution in [0.1, 0.15) is 13.8 Å². The minimum absolute atomic E-state index is 0.450. The Hall–Kier alpha value is -2.32. The van der Waals surface area contributed by atoms with E-state index in [1.807, 2.05) is 5.32 Å². The SMILES string of the molecule is CC(=O)N[C@@H](CO)[C@@H](O[C@@H]1OC(C(=O)O)=C[C@H](O[C@@H]2O[C@@H](C)[C@@H](OS(=O)(=O)O)[C@@H](O)[C@@H]2OS(=O)(=O)O)[C@H]1O)[C@@H](OS(=O)(=O)O)[C@H](O)COS(=O)(=O)O. The molecule has 0 spiro atoms. The molecule has 0 radical (unpaired) electrons. The molecule has 12 atom stereocenters. The second-order valence-corrected chi connectivity index (χ2v) is 14.7. The molecule has 0 aromatic rings. The van der Waals surface area contributed by atoms with Crippen molar-refractivity contribution in [3.05, 3.63) is 11.8 Å². The van der Waals surface area contributed by atoms with Crippen LogP contribution in [0, 0.1) is 0 Å². The summed E-state index contributed by atoms with van der Waals surface area (Å²) in [6.45, 7) is -1.08. The Kier molecular flexibility index (Phi) is 15.8. The fourth-order valence-electron chi connectivity index (χ4n) is 4.54. The zero-order valence-electron chi connectivity index (χ0n) is 25.9. The second kappa shape index (κ2) is 17.9. The molecule has 2 aliphatic rings. The summed E-state index contributed by atoms with van der Waals surface area (Å²) in [5.41, 5.74) is 0. The molecule has 304 valence electrons. The summed E-state index contributed by atoms with van der Waals surface area (Å²) in [5.74, 6) is -4.22. The lowest BCUT2D eigenvalue weighted by Gasteiger charge is -2.44. The summed E-state index contributed by atoms with van der Waals surface area (Å²) in [7, 11) is -22.0. The number of carbonyl (C=O) groups excluding carboxylic acids is 1. The molecule has 1 saturated heterocycles. The summed E-state index contributed by atoms with van der Waals surface area (Å²) in [4.78, 5) is 23.8. The van der Waals surface area contributed by atoms with E-state index in [4.69, 9.17) is 28.1 Å². The number of ether oxygens (including phenoxy) is 4. The van der Waals surface area contributed by atoms with Crippen LogP contribution in [0.15, 0.2) is 11.8 Å². The fourth-order valence-corrected chi connectivity index (χ4v) is 6.41. The van der Waals surface area contributed by atoms with Crippen LogP contribution in [-0.2, 0) is 86.9 Å². The van der Waals surface area contributed by atoms with Crippen molar-refractivity contribution in [2.45, 2.75) is 87.4 Å². The summed E-state index contributed by atoms with van der Waals surface area (Å²) >= 11 is 0. The Morgan fingerprint density at radius 3 is 1.88 bits per heavy atom. The van der Waals surface area contributed by atoms with E-state index in [-0.39, 0.29) is 0 Å².